The zero-order valence-electron chi connectivity index (χ0n) is 5.59. The summed E-state index contributed by atoms with van der Waals surface area (Å²) in [6.45, 7) is 0. The Balaban J connectivity index is -0.000000115. The fraction of sp³-hybridized carbons (Fsp3) is 0. The Morgan fingerprint density at radius 2 is 1.33 bits per heavy atom. The van der Waals surface area contributed by atoms with Crippen molar-refractivity contribution in [3.05, 3.63) is 0 Å². The fourth-order valence-electron chi connectivity index (χ4n) is 0.0456. The molecule has 0 aromatic rings. The number of aliphatic hydroxyl groups is 2. The summed E-state index contributed by atoms with van der Waals surface area (Å²) in [5.74, 6) is 0. The summed E-state index contributed by atoms with van der Waals surface area (Å²) in [4.78, 5) is 3.68. The van der Waals surface area contributed by atoms with Gasteiger partial charge in [0.2, 0.25) is 6.19 Å². The minimum Gasteiger partial charge on any atom is -0.443 e. The van der Waals surface area contributed by atoms with Crippen LogP contribution in [0.25, 0.3) is 0 Å². The number of aliphatic hydroxyl groups excluding tert-OH is 2. The van der Waals surface area contributed by atoms with Gasteiger partial charge in [-0.15, -0.1) is 10.7 Å². The summed E-state index contributed by atoms with van der Waals surface area (Å²) < 4.78 is 0. The third kappa shape index (κ3) is 10600. The first-order chi connectivity index (χ1) is 5.74. The van der Waals surface area contributed by atoms with E-state index >= 15 is 0 Å². The van der Waals surface area contributed by atoms with Gasteiger partial charge in [-0.1, -0.05) is 0 Å². The average molecular weight is 169 g/mol. The molecule has 8 heteroatoms. The van der Waals surface area contributed by atoms with Crippen molar-refractivity contribution < 1.29 is 15.1 Å². The summed E-state index contributed by atoms with van der Waals surface area (Å²) in [6, 6.07) is 0. The zero-order chi connectivity index (χ0) is 10.2. The van der Waals surface area contributed by atoms with Crippen molar-refractivity contribution in [2.24, 2.45) is 0 Å². The van der Waals surface area contributed by atoms with Crippen LogP contribution >= 0.6 is 0 Å². The standard InChI is InChI=1S/C2HN3O.2CHNO/c3-1-5-6-2-4;2*2-1-3/h5H;2*3H. The van der Waals surface area contributed by atoms with Gasteiger partial charge in [0.15, 0.2) is 0 Å². The number of hydroxylamine groups is 1. The van der Waals surface area contributed by atoms with Crippen LogP contribution in [-0.2, 0) is 4.84 Å². The maximum atomic E-state index is 7.56. The molecule has 62 valence electrons. The van der Waals surface area contributed by atoms with E-state index in [0.717, 1.165) is 12.5 Å². The molecule has 0 aromatic carbocycles. The van der Waals surface area contributed by atoms with Gasteiger partial charge in [-0.3, -0.25) is 4.84 Å². The number of hydrogen-bond donors (Lipinski definition) is 3. The van der Waals surface area contributed by atoms with Gasteiger partial charge in [0.1, 0.15) is 0 Å². The second kappa shape index (κ2) is 41.9. The smallest absolute Gasteiger partial charge is 0.315 e. The lowest BCUT2D eigenvalue weighted by atomic mass is 11.4. The van der Waals surface area contributed by atoms with Crippen molar-refractivity contribution in [3.8, 4) is 25.0 Å². The summed E-state index contributed by atoms with van der Waals surface area (Å²) in [7, 11) is 0. The molecule has 0 heterocycles. The molecule has 0 rings (SSSR count). The number of rotatable bonds is 1. The number of nitriles is 4. The third-order valence-electron chi connectivity index (χ3n) is 0.142. The first-order valence-corrected chi connectivity index (χ1v) is 2.00. The van der Waals surface area contributed by atoms with Crippen molar-refractivity contribution in [1.82, 2.24) is 5.48 Å². The van der Waals surface area contributed by atoms with Crippen LogP contribution in [0.3, 0.4) is 0 Å². The highest BCUT2D eigenvalue weighted by atomic mass is 16.6. The van der Waals surface area contributed by atoms with E-state index in [9.17, 15) is 0 Å². The molecule has 12 heavy (non-hydrogen) atoms. The van der Waals surface area contributed by atoms with Crippen molar-refractivity contribution in [2.75, 3.05) is 0 Å². The Kier molecular flexibility index (Phi) is 56.1. The van der Waals surface area contributed by atoms with E-state index < -0.39 is 0 Å². The normalized spacial score (nSPS) is 3.33. The van der Waals surface area contributed by atoms with E-state index in [4.69, 9.17) is 31.3 Å². The Morgan fingerprint density at radius 3 is 1.42 bits per heavy atom. The molecule has 0 saturated heterocycles. The molecular weight excluding hydrogens is 166 g/mol. The zero-order valence-corrected chi connectivity index (χ0v) is 5.59. The predicted molar refractivity (Wildman–Crippen MR) is 30.5 cm³/mol. The Labute approximate surface area is 67.6 Å². The highest BCUT2D eigenvalue weighted by molar-refractivity contribution is 4.56. The van der Waals surface area contributed by atoms with Crippen LogP contribution < -0.4 is 5.48 Å². The van der Waals surface area contributed by atoms with E-state index in [1.807, 2.05) is 0 Å². The van der Waals surface area contributed by atoms with Gasteiger partial charge in [0, 0.05) is 0 Å². The van der Waals surface area contributed by atoms with Gasteiger partial charge in [-0.25, -0.2) is 0 Å². The lowest BCUT2D eigenvalue weighted by molar-refractivity contribution is 0.203. The van der Waals surface area contributed by atoms with Crippen molar-refractivity contribution >= 4 is 0 Å². The van der Waals surface area contributed by atoms with Gasteiger partial charge in [-0.05, 0) is 0 Å². The monoisotopic (exact) mass is 169 g/mol. The molecular formula is C4H3N5O3. The molecule has 0 aromatic heterocycles. The predicted octanol–water partition coefficient (Wildman–Crippen LogP) is -0.850. The topological polar surface area (TPSA) is 157 Å². The molecule has 0 aliphatic rings. The molecule has 0 fully saturated rings. The molecule has 0 unspecified atom stereocenters. The molecule has 3 N–H and O–H groups in total. The molecule has 0 amide bonds. The average Bonchev–Trinajstić information content (AvgIpc) is 2.04. The van der Waals surface area contributed by atoms with Crippen LogP contribution in [0.15, 0.2) is 0 Å². The second-order valence-electron chi connectivity index (χ2n) is 0.607. The second-order valence-corrected chi connectivity index (χ2v) is 0.607. The largest absolute Gasteiger partial charge is 0.443 e. The molecule has 0 bridgehead atoms. The molecule has 0 aliphatic heterocycles. The van der Waals surface area contributed by atoms with Crippen LogP contribution in [0, 0.1) is 46.0 Å². The van der Waals surface area contributed by atoms with Crippen molar-refractivity contribution in [1.29, 1.82) is 21.0 Å². The quantitative estimate of drug-likeness (QED) is 0.198. The lowest BCUT2D eigenvalue weighted by Gasteiger charge is -1.77. The maximum Gasteiger partial charge on any atom is 0.315 e. The number of nitrogens with zero attached hydrogens (tertiary/aromatic N) is 4. The first-order valence-electron chi connectivity index (χ1n) is 2.00. The highest BCUT2D eigenvalue weighted by Gasteiger charge is 1.63. The number of nitrogens with one attached hydrogen (secondary N) is 1. The molecule has 0 spiro atoms. The molecule has 0 saturated carbocycles. The number of hydrogen-bond acceptors (Lipinski definition) is 8. The maximum absolute atomic E-state index is 7.56. The van der Waals surface area contributed by atoms with Crippen molar-refractivity contribution in [3.63, 3.8) is 0 Å². The van der Waals surface area contributed by atoms with Crippen LogP contribution in [0.2, 0.25) is 0 Å². The van der Waals surface area contributed by atoms with Crippen LogP contribution in [0.1, 0.15) is 0 Å². The molecule has 8 nitrogen and oxygen atoms in total. The van der Waals surface area contributed by atoms with E-state index in [1.54, 1.807) is 5.48 Å². The molecule has 0 atom stereocenters. The Morgan fingerprint density at radius 1 is 1.00 bits per heavy atom. The summed E-state index contributed by atoms with van der Waals surface area (Å²) >= 11 is 0. The van der Waals surface area contributed by atoms with Gasteiger partial charge in [0.25, 0.3) is 12.5 Å². The highest BCUT2D eigenvalue weighted by Crippen LogP contribution is 1.47. The Hall–Kier alpha value is -2.84. The van der Waals surface area contributed by atoms with E-state index in [2.05, 4.69) is 4.84 Å². The summed E-state index contributed by atoms with van der Waals surface area (Å²) in [5.41, 5.74) is 1.64. The van der Waals surface area contributed by atoms with Gasteiger partial charge in [0.05, 0.1) is 0 Å². The fourth-order valence-corrected chi connectivity index (χ4v) is 0.0456. The van der Waals surface area contributed by atoms with Gasteiger partial charge >= 0.3 is 6.26 Å². The van der Waals surface area contributed by atoms with Crippen molar-refractivity contribution in [2.45, 2.75) is 0 Å². The summed E-state index contributed by atoms with van der Waals surface area (Å²) in [5, 5.41) is 42.6. The van der Waals surface area contributed by atoms with Gasteiger partial charge in [-0.2, -0.15) is 15.8 Å². The van der Waals surface area contributed by atoms with Crippen LogP contribution in [-0.4, -0.2) is 10.2 Å². The lowest BCUT2D eigenvalue weighted by Crippen LogP contribution is -1.99. The minimum absolute atomic E-state index is 0.750. The third-order valence-corrected chi connectivity index (χ3v) is 0.142. The Bertz CT molecular complexity index is 199. The van der Waals surface area contributed by atoms with Gasteiger partial charge < -0.3 is 10.2 Å². The van der Waals surface area contributed by atoms with Crippen LogP contribution in [0.5, 0.6) is 0 Å². The SMILES string of the molecule is N#CNOC#N.N#CO.N#CO. The van der Waals surface area contributed by atoms with E-state index in [1.165, 1.54) is 12.4 Å². The molecule has 0 aliphatic carbocycles. The first kappa shape index (κ1) is 16.1. The minimum atomic E-state index is 0.750. The van der Waals surface area contributed by atoms with E-state index in [-0.39, 0.29) is 0 Å². The van der Waals surface area contributed by atoms with Crippen LogP contribution in [0.4, 0.5) is 0 Å². The molecule has 0 radical (unpaired) electrons. The summed E-state index contributed by atoms with van der Waals surface area (Å²) in [6.07, 6.45) is 4.11. The van der Waals surface area contributed by atoms with E-state index in [0.29, 0.717) is 0 Å².